The third kappa shape index (κ3) is 2.13. The van der Waals surface area contributed by atoms with E-state index in [1.807, 2.05) is 30.7 Å². The van der Waals surface area contributed by atoms with Crippen molar-refractivity contribution < 1.29 is 4.42 Å². The Morgan fingerprint density at radius 3 is 2.73 bits per heavy atom. The second kappa shape index (κ2) is 5.75. The van der Waals surface area contributed by atoms with E-state index in [0.717, 1.165) is 40.0 Å². The summed E-state index contributed by atoms with van der Waals surface area (Å²) in [4.78, 5) is 18.3. The Hall–Kier alpha value is -3.54. The van der Waals surface area contributed by atoms with Crippen molar-refractivity contribution >= 4 is 5.71 Å². The number of aromatic nitrogens is 4. The summed E-state index contributed by atoms with van der Waals surface area (Å²) < 4.78 is 7.67. The first-order valence-corrected chi connectivity index (χ1v) is 10.4. The first-order chi connectivity index (χ1) is 14.8. The molecule has 3 saturated carbocycles. The molecule has 4 aromatic rings. The highest BCUT2D eigenvalue weighted by molar-refractivity contribution is 6.14. The van der Waals surface area contributed by atoms with Gasteiger partial charge in [-0.3, -0.25) is 14.5 Å². The third-order valence-corrected chi connectivity index (χ3v) is 6.99. The van der Waals surface area contributed by atoms with E-state index in [0.29, 0.717) is 17.7 Å². The number of benzene rings is 1. The van der Waals surface area contributed by atoms with Crippen LogP contribution in [-0.2, 0) is 12.0 Å². The van der Waals surface area contributed by atoms with Crippen LogP contribution in [0.15, 0.2) is 70.9 Å². The minimum Gasteiger partial charge on any atom is -0.442 e. The molecule has 1 aromatic carbocycles. The Morgan fingerprint density at radius 2 is 2.00 bits per heavy atom. The summed E-state index contributed by atoms with van der Waals surface area (Å²) in [6, 6.07) is 12.9. The molecule has 4 aliphatic rings. The molecule has 4 heterocycles. The van der Waals surface area contributed by atoms with Crippen LogP contribution in [0, 0.1) is 5.92 Å². The molecule has 3 aliphatic carbocycles. The summed E-state index contributed by atoms with van der Waals surface area (Å²) >= 11 is 0. The number of pyridine rings is 1. The Balaban J connectivity index is 1.45. The molecule has 146 valence electrons. The van der Waals surface area contributed by atoms with Gasteiger partial charge in [0.05, 0.1) is 35.5 Å². The fourth-order valence-corrected chi connectivity index (χ4v) is 5.33. The van der Waals surface area contributed by atoms with E-state index < -0.39 is 0 Å². The topological polar surface area (TPSA) is 69.1 Å². The van der Waals surface area contributed by atoms with Crippen LogP contribution in [0.1, 0.15) is 41.8 Å². The SMILES string of the molecule is c1ccc(C2=NCc3c(-c4cnco4)ncn3-c3ccc(C45CC(C4)C5)cc32)nc1. The van der Waals surface area contributed by atoms with E-state index in [1.54, 1.807) is 6.20 Å². The number of fused-ring (bicyclic) bond motifs is 3. The summed E-state index contributed by atoms with van der Waals surface area (Å²) in [5.41, 5.74) is 7.65. The fourth-order valence-electron chi connectivity index (χ4n) is 5.33. The van der Waals surface area contributed by atoms with Crippen molar-refractivity contribution in [1.82, 2.24) is 19.5 Å². The van der Waals surface area contributed by atoms with Crippen molar-refractivity contribution in [2.24, 2.45) is 10.9 Å². The zero-order valence-corrected chi connectivity index (χ0v) is 16.3. The van der Waals surface area contributed by atoms with Crippen LogP contribution < -0.4 is 0 Å². The molecule has 0 N–H and O–H groups in total. The highest BCUT2D eigenvalue weighted by atomic mass is 16.3. The largest absolute Gasteiger partial charge is 0.442 e. The van der Waals surface area contributed by atoms with Crippen LogP contribution in [-0.4, -0.2) is 25.2 Å². The van der Waals surface area contributed by atoms with Gasteiger partial charge in [-0.1, -0.05) is 12.1 Å². The number of rotatable bonds is 3. The van der Waals surface area contributed by atoms with E-state index in [-0.39, 0.29) is 0 Å². The van der Waals surface area contributed by atoms with E-state index in [2.05, 4.69) is 37.7 Å². The van der Waals surface area contributed by atoms with Crippen LogP contribution in [0.2, 0.25) is 0 Å². The molecule has 0 spiro atoms. The number of hydrogen-bond acceptors (Lipinski definition) is 5. The maximum Gasteiger partial charge on any atom is 0.181 e. The quantitative estimate of drug-likeness (QED) is 0.520. The molecule has 0 unspecified atom stereocenters. The predicted molar refractivity (Wildman–Crippen MR) is 112 cm³/mol. The smallest absolute Gasteiger partial charge is 0.181 e. The number of imidazole rings is 1. The lowest BCUT2D eigenvalue weighted by Crippen LogP contribution is -2.55. The highest BCUT2D eigenvalue weighted by Gasteiger charge is 2.57. The minimum atomic E-state index is 0.393. The van der Waals surface area contributed by atoms with E-state index in [9.17, 15) is 0 Å². The number of oxazole rings is 1. The van der Waals surface area contributed by atoms with E-state index in [1.165, 1.54) is 31.2 Å². The molecule has 2 bridgehead atoms. The summed E-state index contributed by atoms with van der Waals surface area (Å²) in [7, 11) is 0. The average Bonchev–Trinajstić information content (AvgIpc) is 3.34. The first-order valence-electron chi connectivity index (χ1n) is 10.4. The van der Waals surface area contributed by atoms with Crippen molar-refractivity contribution in [3.8, 4) is 17.1 Å². The molecule has 30 heavy (non-hydrogen) atoms. The normalized spacial score (nSPS) is 23.5. The van der Waals surface area contributed by atoms with Crippen LogP contribution in [0.4, 0.5) is 0 Å². The van der Waals surface area contributed by atoms with Crippen LogP contribution in [0.5, 0.6) is 0 Å². The summed E-state index contributed by atoms with van der Waals surface area (Å²) in [5.74, 6) is 1.60. The van der Waals surface area contributed by atoms with Gasteiger partial charge in [-0.05, 0) is 60.4 Å². The van der Waals surface area contributed by atoms with Gasteiger partial charge in [0.15, 0.2) is 12.2 Å². The predicted octanol–water partition coefficient (Wildman–Crippen LogP) is 4.32. The average molecular weight is 393 g/mol. The zero-order valence-electron chi connectivity index (χ0n) is 16.3. The zero-order chi connectivity index (χ0) is 19.7. The van der Waals surface area contributed by atoms with Crippen molar-refractivity contribution in [3.05, 3.63) is 84.0 Å². The maximum atomic E-state index is 5.53. The third-order valence-electron chi connectivity index (χ3n) is 6.99. The second-order valence-corrected chi connectivity index (χ2v) is 8.65. The van der Waals surface area contributed by atoms with Gasteiger partial charge < -0.3 is 4.42 Å². The minimum absolute atomic E-state index is 0.393. The lowest BCUT2D eigenvalue weighted by molar-refractivity contribution is -0.0274. The molecule has 3 fully saturated rings. The lowest BCUT2D eigenvalue weighted by atomic mass is 9.42. The Morgan fingerprint density at radius 1 is 1.07 bits per heavy atom. The van der Waals surface area contributed by atoms with Gasteiger partial charge in [0.2, 0.25) is 0 Å². The van der Waals surface area contributed by atoms with Crippen LogP contribution in [0.25, 0.3) is 17.1 Å². The standard InChI is InChI=1S/C24H19N5O/c1-2-6-26-18(3-1)22-17-7-16(24-8-15(9-24)10-24)4-5-19(17)29-13-28-23(20(29)11-27-22)21-12-25-14-30-21/h1-7,12-15H,8-11H2. The molecule has 0 radical (unpaired) electrons. The van der Waals surface area contributed by atoms with Crippen molar-refractivity contribution in [1.29, 1.82) is 0 Å². The molecular formula is C24H19N5O. The molecule has 8 rings (SSSR count). The summed E-state index contributed by atoms with van der Waals surface area (Å²) in [6.07, 6.45) is 10.8. The Bertz CT molecular complexity index is 1290. The maximum absolute atomic E-state index is 5.53. The van der Waals surface area contributed by atoms with Crippen LogP contribution in [0.3, 0.4) is 0 Å². The first kappa shape index (κ1) is 16.3. The van der Waals surface area contributed by atoms with E-state index >= 15 is 0 Å². The molecule has 0 saturated heterocycles. The molecular weight excluding hydrogens is 374 g/mol. The van der Waals surface area contributed by atoms with Gasteiger partial charge in [0.1, 0.15) is 12.0 Å². The summed E-state index contributed by atoms with van der Waals surface area (Å²) in [6.45, 7) is 0.499. The van der Waals surface area contributed by atoms with Gasteiger partial charge in [0.25, 0.3) is 0 Å². The van der Waals surface area contributed by atoms with Gasteiger partial charge >= 0.3 is 0 Å². The van der Waals surface area contributed by atoms with Gasteiger partial charge in [0, 0.05) is 11.8 Å². The number of nitrogens with zero attached hydrogens (tertiary/aromatic N) is 5. The lowest BCUT2D eigenvalue weighted by Gasteiger charge is -2.62. The monoisotopic (exact) mass is 393 g/mol. The van der Waals surface area contributed by atoms with Crippen molar-refractivity contribution in [2.45, 2.75) is 31.2 Å². The van der Waals surface area contributed by atoms with Crippen LogP contribution >= 0.6 is 0 Å². The van der Waals surface area contributed by atoms with Gasteiger partial charge in [-0.15, -0.1) is 0 Å². The van der Waals surface area contributed by atoms with E-state index in [4.69, 9.17) is 9.41 Å². The second-order valence-electron chi connectivity index (χ2n) is 8.65. The summed E-state index contributed by atoms with van der Waals surface area (Å²) in [5, 5.41) is 0. The molecule has 0 amide bonds. The fraction of sp³-hybridized carbons (Fsp3) is 0.250. The van der Waals surface area contributed by atoms with Crippen molar-refractivity contribution in [3.63, 3.8) is 0 Å². The molecule has 3 aromatic heterocycles. The molecule has 6 nitrogen and oxygen atoms in total. The number of aliphatic imine (C=N–C) groups is 1. The van der Waals surface area contributed by atoms with Gasteiger partial charge in [-0.25, -0.2) is 9.97 Å². The molecule has 6 heteroatoms. The molecule has 0 atom stereocenters. The Kier molecular flexibility index (Phi) is 3.12. The molecule has 1 aliphatic heterocycles. The van der Waals surface area contributed by atoms with Gasteiger partial charge in [-0.2, -0.15) is 0 Å². The van der Waals surface area contributed by atoms with Crippen molar-refractivity contribution in [2.75, 3.05) is 0 Å². The Labute approximate surface area is 173 Å². The number of hydrogen-bond donors (Lipinski definition) is 0. The highest BCUT2D eigenvalue weighted by Crippen LogP contribution is 2.65.